The van der Waals surface area contributed by atoms with Crippen molar-refractivity contribution in [3.63, 3.8) is 0 Å². The Labute approximate surface area is 187 Å². The Morgan fingerprint density at radius 1 is 0.788 bits per heavy atom. The van der Waals surface area contributed by atoms with Crippen LogP contribution in [0.1, 0.15) is 28.0 Å². The van der Waals surface area contributed by atoms with Crippen LogP contribution in [0.5, 0.6) is 0 Å². The number of hydrogen-bond acceptors (Lipinski definition) is 6. The number of nitrogens with zero attached hydrogens (tertiary/aromatic N) is 2. The fourth-order valence-electron chi connectivity index (χ4n) is 4.16. The third-order valence-corrected chi connectivity index (χ3v) is 5.87. The van der Waals surface area contributed by atoms with E-state index in [1.807, 2.05) is 6.92 Å². The number of carbonyl (C=O) groups is 2. The normalized spacial score (nSPS) is 16.3. The van der Waals surface area contributed by atoms with Gasteiger partial charge in [0.05, 0.1) is 10.8 Å². The zero-order valence-electron chi connectivity index (χ0n) is 17.8. The molecule has 1 saturated heterocycles. The maximum Gasteiger partial charge on any atom is 0.290 e. The van der Waals surface area contributed by atoms with Gasteiger partial charge in [0, 0.05) is 37.8 Å². The van der Waals surface area contributed by atoms with Crippen molar-refractivity contribution in [2.45, 2.75) is 13.0 Å². The highest BCUT2D eigenvalue weighted by Crippen LogP contribution is 2.19. The molecule has 0 spiro atoms. The highest BCUT2D eigenvalue weighted by molar-refractivity contribution is 5.95. The number of benzene rings is 2. The van der Waals surface area contributed by atoms with Gasteiger partial charge in [-0.2, -0.15) is 0 Å². The first-order valence-electron chi connectivity index (χ1n) is 10.6. The van der Waals surface area contributed by atoms with Crippen LogP contribution in [0.2, 0.25) is 0 Å². The molecule has 2 aromatic carbocycles. The molecule has 1 atom stereocenters. The van der Waals surface area contributed by atoms with Gasteiger partial charge in [-0.3, -0.25) is 19.2 Å². The zero-order chi connectivity index (χ0) is 23.1. The molecule has 166 valence electrons. The van der Waals surface area contributed by atoms with E-state index in [1.165, 1.54) is 12.1 Å². The Kier molecular flexibility index (Phi) is 5.05. The molecule has 1 fully saturated rings. The van der Waals surface area contributed by atoms with Crippen molar-refractivity contribution in [1.29, 1.82) is 0 Å². The van der Waals surface area contributed by atoms with E-state index in [-0.39, 0.29) is 48.1 Å². The minimum absolute atomic E-state index is 0.0359. The Morgan fingerprint density at radius 2 is 1.30 bits per heavy atom. The van der Waals surface area contributed by atoms with Crippen LogP contribution < -0.4 is 10.9 Å². The standard InChI is InChI=1S/C25H20N2O6/c1-15-14-26(24(30)22-12-18(28)16-6-2-4-8-20(16)32-22)10-11-27(15)25(31)23-13-19(29)17-7-3-5-9-21(17)33-23/h2-9,12-13,15H,10-11,14H2,1H3/t15-/m0/s1. The van der Waals surface area contributed by atoms with Crippen molar-refractivity contribution in [3.8, 4) is 0 Å². The highest BCUT2D eigenvalue weighted by Gasteiger charge is 2.33. The van der Waals surface area contributed by atoms with Crippen LogP contribution in [-0.2, 0) is 0 Å². The van der Waals surface area contributed by atoms with Gasteiger partial charge in [0.15, 0.2) is 22.4 Å². The third kappa shape index (κ3) is 3.69. The summed E-state index contributed by atoms with van der Waals surface area (Å²) in [6, 6.07) is 15.6. The highest BCUT2D eigenvalue weighted by atomic mass is 16.4. The van der Waals surface area contributed by atoms with Gasteiger partial charge in [-0.25, -0.2) is 0 Å². The Hall–Kier alpha value is -4.20. The summed E-state index contributed by atoms with van der Waals surface area (Å²) in [6.07, 6.45) is 0. The lowest BCUT2D eigenvalue weighted by atomic mass is 10.1. The Morgan fingerprint density at radius 3 is 1.85 bits per heavy atom. The van der Waals surface area contributed by atoms with E-state index in [9.17, 15) is 19.2 Å². The Balaban J connectivity index is 1.36. The number of carbonyl (C=O) groups excluding carboxylic acids is 2. The van der Waals surface area contributed by atoms with Crippen LogP contribution in [0.25, 0.3) is 21.9 Å². The van der Waals surface area contributed by atoms with Crippen molar-refractivity contribution in [3.05, 3.63) is 92.6 Å². The number of hydrogen-bond donors (Lipinski definition) is 0. The molecule has 8 nitrogen and oxygen atoms in total. The van der Waals surface area contributed by atoms with E-state index in [2.05, 4.69) is 0 Å². The molecule has 0 aliphatic carbocycles. The number of rotatable bonds is 2. The predicted molar refractivity (Wildman–Crippen MR) is 121 cm³/mol. The third-order valence-electron chi connectivity index (χ3n) is 5.87. The van der Waals surface area contributed by atoms with Gasteiger partial charge in [0.25, 0.3) is 11.8 Å². The van der Waals surface area contributed by atoms with Gasteiger partial charge in [0.1, 0.15) is 11.2 Å². The lowest BCUT2D eigenvalue weighted by Gasteiger charge is -2.39. The molecule has 2 amide bonds. The second kappa shape index (κ2) is 8.05. The molecule has 5 rings (SSSR count). The number of piperazine rings is 1. The van der Waals surface area contributed by atoms with E-state index < -0.39 is 11.8 Å². The maximum absolute atomic E-state index is 13.1. The maximum atomic E-state index is 13.1. The van der Waals surface area contributed by atoms with Crippen molar-refractivity contribution < 1.29 is 18.4 Å². The molecule has 4 aromatic rings. The van der Waals surface area contributed by atoms with Gasteiger partial charge >= 0.3 is 0 Å². The van der Waals surface area contributed by atoms with Crippen molar-refractivity contribution in [2.24, 2.45) is 0 Å². The van der Waals surface area contributed by atoms with Gasteiger partial charge in [-0.1, -0.05) is 24.3 Å². The molecule has 0 saturated carbocycles. The minimum atomic E-state index is -0.408. The van der Waals surface area contributed by atoms with E-state index >= 15 is 0 Å². The van der Waals surface area contributed by atoms with Crippen LogP contribution in [-0.4, -0.2) is 47.3 Å². The summed E-state index contributed by atoms with van der Waals surface area (Å²) in [7, 11) is 0. The molecule has 0 unspecified atom stereocenters. The number of para-hydroxylation sites is 2. The second-order valence-corrected chi connectivity index (χ2v) is 8.04. The lowest BCUT2D eigenvalue weighted by molar-refractivity contribution is 0.0382. The average molecular weight is 444 g/mol. The summed E-state index contributed by atoms with van der Waals surface area (Å²) in [5.74, 6) is -0.888. The zero-order valence-corrected chi connectivity index (χ0v) is 17.8. The van der Waals surface area contributed by atoms with Gasteiger partial charge < -0.3 is 18.6 Å². The predicted octanol–water partition coefficient (Wildman–Crippen LogP) is 2.89. The summed E-state index contributed by atoms with van der Waals surface area (Å²) in [5, 5.41) is 0.823. The fraction of sp³-hybridized carbons (Fsp3) is 0.200. The number of amides is 2. The molecule has 0 N–H and O–H groups in total. The molecule has 2 aromatic heterocycles. The quantitative estimate of drug-likeness (QED) is 0.471. The number of fused-ring (bicyclic) bond motifs is 2. The van der Waals surface area contributed by atoms with Crippen LogP contribution in [0.4, 0.5) is 0 Å². The molecule has 0 bridgehead atoms. The monoisotopic (exact) mass is 444 g/mol. The second-order valence-electron chi connectivity index (χ2n) is 8.04. The molecular weight excluding hydrogens is 424 g/mol. The lowest BCUT2D eigenvalue weighted by Crippen LogP contribution is -2.55. The SMILES string of the molecule is C[C@H]1CN(C(=O)c2cc(=O)c3ccccc3o2)CCN1C(=O)c1cc(=O)c2ccccc2o1. The van der Waals surface area contributed by atoms with Gasteiger partial charge in [0.2, 0.25) is 0 Å². The summed E-state index contributed by atoms with van der Waals surface area (Å²) < 4.78 is 11.4. The Bertz CT molecular complexity index is 1520. The largest absolute Gasteiger partial charge is 0.451 e. The van der Waals surface area contributed by atoms with Gasteiger partial charge in [-0.05, 0) is 31.2 Å². The van der Waals surface area contributed by atoms with Crippen molar-refractivity contribution >= 4 is 33.8 Å². The van der Waals surface area contributed by atoms with Gasteiger partial charge in [-0.15, -0.1) is 0 Å². The van der Waals surface area contributed by atoms with Crippen molar-refractivity contribution in [1.82, 2.24) is 9.80 Å². The molecule has 1 aliphatic rings. The minimum Gasteiger partial charge on any atom is -0.451 e. The van der Waals surface area contributed by atoms with Crippen LogP contribution >= 0.6 is 0 Å². The van der Waals surface area contributed by atoms with E-state index in [4.69, 9.17) is 8.83 Å². The molecule has 8 heteroatoms. The summed E-state index contributed by atoms with van der Waals surface area (Å²) in [6.45, 7) is 2.56. The van der Waals surface area contributed by atoms with Crippen LogP contribution in [0.15, 0.2) is 79.1 Å². The molecule has 33 heavy (non-hydrogen) atoms. The smallest absolute Gasteiger partial charge is 0.290 e. The molecule has 3 heterocycles. The topological polar surface area (TPSA) is 101 Å². The first kappa shape index (κ1) is 20.7. The van der Waals surface area contributed by atoms with E-state index in [0.717, 1.165) is 0 Å². The summed E-state index contributed by atoms with van der Waals surface area (Å²) >= 11 is 0. The van der Waals surface area contributed by atoms with Crippen LogP contribution in [0.3, 0.4) is 0 Å². The fourth-order valence-corrected chi connectivity index (χ4v) is 4.16. The van der Waals surface area contributed by atoms with Crippen LogP contribution in [0, 0.1) is 0 Å². The first-order valence-corrected chi connectivity index (χ1v) is 10.6. The average Bonchev–Trinajstić information content (AvgIpc) is 2.83. The molecule has 0 radical (unpaired) electrons. The first-order chi connectivity index (χ1) is 15.9. The molecular formula is C25H20N2O6. The summed E-state index contributed by atoms with van der Waals surface area (Å²) in [5.41, 5.74) is 0.129. The van der Waals surface area contributed by atoms with E-state index in [1.54, 1.807) is 58.3 Å². The summed E-state index contributed by atoms with van der Waals surface area (Å²) in [4.78, 5) is 53.9. The van der Waals surface area contributed by atoms with Crippen molar-refractivity contribution in [2.75, 3.05) is 19.6 Å². The van der Waals surface area contributed by atoms with E-state index in [0.29, 0.717) is 21.9 Å². The molecule has 1 aliphatic heterocycles.